The Morgan fingerprint density at radius 2 is 0.808 bits per heavy atom. The van der Waals surface area contributed by atoms with E-state index >= 15 is 0 Å². The van der Waals surface area contributed by atoms with Crippen LogP contribution in [0.5, 0.6) is 0 Å². The van der Waals surface area contributed by atoms with E-state index in [1.165, 1.54) is 0 Å². The number of rotatable bonds is 20. The lowest BCUT2D eigenvalue weighted by molar-refractivity contribution is -0.0164. The highest BCUT2D eigenvalue weighted by Crippen LogP contribution is 2.03. The van der Waals surface area contributed by atoms with Crippen LogP contribution < -0.4 is 0 Å². The second-order valence-corrected chi connectivity index (χ2v) is 6.48. The predicted molar refractivity (Wildman–Crippen MR) is 103 cm³/mol. The Balaban J connectivity index is 3.18. The zero-order valence-electron chi connectivity index (χ0n) is 17.5. The highest BCUT2D eigenvalue weighted by atomic mass is 16.6. The molecule has 0 saturated carbocycles. The highest BCUT2D eigenvalue weighted by molar-refractivity contribution is 4.66. The summed E-state index contributed by atoms with van der Waals surface area (Å²) in [6.07, 6.45) is 0. The second-order valence-electron chi connectivity index (χ2n) is 6.48. The van der Waals surface area contributed by atoms with Gasteiger partial charge in [0.15, 0.2) is 0 Å². The summed E-state index contributed by atoms with van der Waals surface area (Å²) in [5.74, 6) is 0. The summed E-state index contributed by atoms with van der Waals surface area (Å²) >= 11 is 0. The standard InChI is InChI=1S/C19H41NO6/c1-18(2)20(19(3)4)6-7-22-10-11-24-14-15-26-17-16-25-13-12-23-9-8-21-5/h18-19H,6-17H2,1-5H3. The van der Waals surface area contributed by atoms with Crippen molar-refractivity contribution in [2.24, 2.45) is 0 Å². The van der Waals surface area contributed by atoms with Crippen LogP contribution in [0.1, 0.15) is 27.7 Å². The minimum absolute atomic E-state index is 0.541. The number of hydrogen-bond acceptors (Lipinski definition) is 7. The van der Waals surface area contributed by atoms with E-state index < -0.39 is 0 Å². The molecule has 158 valence electrons. The van der Waals surface area contributed by atoms with Gasteiger partial charge in [-0.15, -0.1) is 0 Å². The van der Waals surface area contributed by atoms with Gasteiger partial charge in [0.1, 0.15) is 0 Å². The predicted octanol–water partition coefficient (Wildman–Crippen LogP) is 1.83. The summed E-state index contributed by atoms with van der Waals surface area (Å²) in [6.45, 7) is 16.4. The highest BCUT2D eigenvalue weighted by Gasteiger charge is 2.12. The SMILES string of the molecule is COCCOCCOCCOCCOCCOCCN(C(C)C)C(C)C. The van der Waals surface area contributed by atoms with E-state index in [1.54, 1.807) is 7.11 Å². The summed E-state index contributed by atoms with van der Waals surface area (Å²) < 4.78 is 32.1. The molecule has 0 atom stereocenters. The lowest BCUT2D eigenvalue weighted by Crippen LogP contribution is -2.39. The molecular formula is C19H41NO6. The average Bonchev–Trinajstić information content (AvgIpc) is 2.60. The molecule has 26 heavy (non-hydrogen) atoms. The van der Waals surface area contributed by atoms with Crippen molar-refractivity contribution in [2.45, 2.75) is 39.8 Å². The average molecular weight is 380 g/mol. The fraction of sp³-hybridized carbons (Fsp3) is 1.00. The van der Waals surface area contributed by atoms with Crippen molar-refractivity contribution in [1.82, 2.24) is 4.90 Å². The van der Waals surface area contributed by atoms with Gasteiger partial charge in [-0.3, -0.25) is 4.90 Å². The van der Waals surface area contributed by atoms with Crippen LogP contribution in [0.4, 0.5) is 0 Å². The topological polar surface area (TPSA) is 58.6 Å². The van der Waals surface area contributed by atoms with Crippen molar-refractivity contribution >= 4 is 0 Å². The van der Waals surface area contributed by atoms with Gasteiger partial charge in [-0.2, -0.15) is 0 Å². The van der Waals surface area contributed by atoms with Gasteiger partial charge in [0.2, 0.25) is 0 Å². The van der Waals surface area contributed by atoms with Crippen molar-refractivity contribution < 1.29 is 28.4 Å². The molecule has 0 amide bonds. The van der Waals surface area contributed by atoms with Crippen LogP contribution in [-0.2, 0) is 28.4 Å². The second kappa shape index (κ2) is 19.5. The Labute approximate surface area is 160 Å². The molecule has 0 aromatic rings. The minimum atomic E-state index is 0.541. The summed E-state index contributed by atoms with van der Waals surface area (Å²) in [7, 11) is 1.65. The van der Waals surface area contributed by atoms with Crippen molar-refractivity contribution in [3.05, 3.63) is 0 Å². The molecule has 7 nitrogen and oxygen atoms in total. The molecule has 0 bridgehead atoms. The fourth-order valence-electron chi connectivity index (χ4n) is 2.41. The summed E-state index contributed by atoms with van der Waals surface area (Å²) in [5, 5.41) is 0. The third-order valence-electron chi connectivity index (χ3n) is 3.74. The van der Waals surface area contributed by atoms with E-state index in [-0.39, 0.29) is 0 Å². The molecule has 0 radical (unpaired) electrons. The summed E-state index contributed by atoms with van der Waals surface area (Å²) in [5.41, 5.74) is 0. The van der Waals surface area contributed by atoms with E-state index in [1.807, 2.05) is 0 Å². The Hall–Kier alpha value is -0.280. The van der Waals surface area contributed by atoms with Gasteiger partial charge >= 0.3 is 0 Å². The van der Waals surface area contributed by atoms with Gasteiger partial charge in [-0.1, -0.05) is 0 Å². The minimum Gasteiger partial charge on any atom is -0.382 e. The largest absolute Gasteiger partial charge is 0.382 e. The van der Waals surface area contributed by atoms with E-state index in [2.05, 4.69) is 32.6 Å². The zero-order chi connectivity index (χ0) is 19.5. The van der Waals surface area contributed by atoms with Crippen LogP contribution in [0.25, 0.3) is 0 Å². The zero-order valence-corrected chi connectivity index (χ0v) is 17.5. The maximum absolute atomic E-state index is 5.62. The lowest BCUT2D eigenvalue weighted by atomic mass is 10.2. The molecule has 0 aliphatic carbocycles. The maximum Gasteiger partial charge on any atom is 0.0701 e. The Bertz CT molecular complexity index is 271. The maximum atomic E-state index is 5.62. The van der Waals surface area contributed by atoms with Gasteiger partial charge in [-0.25, -0.2) is 0 Å². The molecule has 0 heterocycles. The molecule has 0 spiro atoms. The first-order valence-corrected chi connectivity index (χ1v) is 9.73. The third-order valence-corrected chi connectivity index (χ3v) is 3.74. The molecule has 0 N–H and O–H groups in total. The molecule has 0 aromatic heterocycles. The number of methoxy groups -OCH3 is 1. The quantitative estimate of drug-likeness (QED) is 0.299. The number of ether oxygens (including phenoxy) is 6. The molecule has 0 saturated heterocycles. The van der Waals surface area contributed by atoms with Crippen LogP contribution in [0, 0.1) is 0 Å². The van der Waals surface area contributed by atoms with E-state index in [4.69, 9.17) is 28.4 Å². The van der Waals surface area contributed by atoms with Crippen LogP contribution in [0.15, 0.2) is 0 Å². The van der Waals surface area contributed by atoms with Gasteiger partial charge in [0, 0.05) is 25.7 Å². The Kier molecular flexibility index (Phi) is 19.3. The first kappa shape index (κ1) is 25.7. The van der Waals surface area contributed by atoms with Crippen LogP contribution in [0.3, 0.4) is 0 Å². The van der Waals surface area contributed by atoms with Gasteiger partial charge in [0.05, 0.1) is 72.7 Å². The van der Waals surface area contributed by atoms with Crippen LogP contribution in [-0.4, -0.2) is 103 Å². The fourth-order valence-corrected chi connectivity index (χ4v) is 2.41. The van der Waals surface area contributed by atoms with E-state index in [9.17, 15) is 0 Å². The molecule has 0 fully saturated rings. The summed E-state index contributed by atoms with van der Waals surface area (Å²) in [4.78, 5) is 2.42. The molecule has 0 aliphatic rings. The van der Waals surface area contributed by atoms with Crippen molar-refractivity contribution in [1.29, 1.82) is 0 Å². The van der Waals surface area contributed by atoms with Gasteiger partial charge < -0.3 is 28.4 Å². The van der Waals surface area contributed by atoms with Crippen LogP contribution in [0.2, 0.25) is 0 Å². The molecule has 0 aromatic carbocycles. The van der Waals surface area contributed by atoms with E-state index in [0.717, 1.165) is 13.2 Å². The molecule has 7 heteroatoms. The Morgan fingerprint density at radius 1 is 0.500 bits per heavy atom. The smallest absolute Gasteiger partial charge is 0.0701 e. The molecule has 0 rings (SSSR count). The van der Waals surface area contributed by atoms with Gasteiger partial charge in [-0.05, 0) is 27.7 Å². The van der Waals surface area contributed by atoms with Crippen LogP contribution >= 0.6 is 0 Å². The molecule has 0 aliphatic heterocycles. The number of hydrogen-bond donors (Lipinski definition) is 0. The normalized spacial score (nSPS) is 12.0. The first-order valence-electron chi connectivity index (χ1n) is 9.73. The first-order chi connectivity index (χ1) is 12.6. The third kappa shape index (κ3) is 17.1. The number of nitrogens with zero attached hydrogens (tertiary/aromatic N) is 1. The molecular weight excluding hydrogens is 338 g/mol. The van der Waals surface area contributed by atoms with Crippen molar-refractivity contribution in [3.63, 3.8) is 0 Å². The Morgan fingerprint density at radius 3 is 1.12 bits per heavy atom. The monoisotopic (exact) mass is 379 g/mol. The molecule has 0 unspecified atom stereocenters. The van der Waals surface area contributed by atoms with E-state index in [0.29, 0.717) is 78.2 Å². The van der Waals surface area contributed by atoms with Crippen molar-refractivity contribution in [3.8, 4) is 0 Å². The lowest BCUT2D eigenvalue weighted by Gasteiger charge is -2.30. The van der Waals surface area contributed by atoms with Gasteiger partial charge in [0.25, 0.3) is 0 Å². The van der Waals surface area contributed by atoms with Crippen molar-refractivity contribution in [2.75, 3.05) is 86.3 Å². The summed E-state index contributed by atoms with van der Waals surface area (Å²) in [6, 6.07) is 1.08.